The molecular weight excluding hydrogens is 514 g/mol. The van der Waals surface area contributed by atoms with Crippen molar-refractivity contribution in [3.05, 3.63) is 112 Å². The molecule has 0 saturated carbocycles. The van der Waals surface area contributed by atoms with Crippen molar-refractivity contribution >= 4 is 28.9 Å². The van der Waals surface area contributed by atoms with Crippen LogP contribution in [-0.4, -0.2) is 32.0 Å². The zero-order valence-corrected chi connectivity index (χ0v) is 24.9. The largest absolute Gasteiger partial charge is 0.352 e. The fraction of sp³-hybridized carbons (Fsp3) is 0.303. The van der Waals surface area contributed by atoms with Crippen LogP contribution in [0.15, 0.2) is 66.9 Å². The molecule has 0 bridgehead atoms. The highest BCUT2D eigenvalue weighted by Crippen LogP contribution is 2.42. The first-order chi connectivity index (χ1) is 19.2. The molecule has 1 aliphatic heterocycles. The summed E-state index contributed by atoms with van der Waals surface area (Å²) < 4.78 is 2.36. The van der Waals surface area contributed by atoms with E-state index in [0.717, 1.165) is 22.6 Å². The van der Waals surface area contributed by atoms with Gasteiger partial charge in [0, 0.05) is 36.2 Å². The maximum Gasteiger partial charge on any atom is 0.226 e. The van der Waals surface area contributed by atoms with Crippen LogP contribution in [0.25, 0.3) is 5.69 Å². The fourth-order valence-corrected chi connectivity index (χ4v) is 6.42. The molecule has 0 unspecified atom stereocenters. The number of rotatable bonds is 7. The molecular formula is C33H37N5OS. The topological polar surface area (TPSA) is 62.2 Å². The van der Waals surface area contributed by atoms with E-state index in [4.69, 9.17) is 12.2 Å². The van der Waals surface area contributed by atoms with Crippen LogP contribution in [0, 0.1) is 41.5 Å². The molecule has 5 rings (SSSR count). The van der Waals surface area contributed by atoms with E-state index in [1.165, 1.54) is 33.6 Å². The number of aryl methyl sites for hydroxylation is 5. The van der Waals surface area contributed by atoms with Gasteiger partial charge in [0.1, 0.15) is 0 Å². The lowest BCUT2D eigenvalue weighted by atomic mass is 9.96. The second-order valence-electron chi connectivity index (χ2n) is 10.8. The van der Waals surface area contributed by atoms with E-state index in [2.05, 4.69) is 77.9 Å². The van der Waals surface area contributed by atoms with Gasteiger partial charge in [-0.05, 0) is 100 Å². The molecule has 206 valence electrons. The van der Waals surface area contributed by atoms with Crippen LogP contribution < -0.4 is 10.6 Å². The van der Waals surface area contributed by atoms with Gasteiger partial charge in [0.25, 0.3) is 0 Å². The summed E-state index contributed by atoms with van der Waals surface area (Å²) in [5.74, 6) is -0.0338. The molecule has 2 atom stereocenters. The number of aromatic nitrogens is 2. The first-order valence-electron chi connectivity index (χ1n) is 13.8. The average Bonchev–Trinajstić information content (AvgIpc) is 3.39. The van der Waals surface area contributed by atoms with Gasteiger partial charge in [0.15, 0.2) is 5.11 Å². The zero-order chi connectivity index (χ0) is 28.6. The number of anilines is 1. The number of para-hydroxylation sites is 1. The van der Waals surface area contributed by atoms with E-state index in [0.29, 0.717) is 18.1 Å². The van der Waals surface area contributed by atoms with Crippen molar-refractivity contribution < 1.29 is 4.79 Å². The number of benzene rings is 2. The number of nitrogens with one attached hydrogen (secondary N) is 2. The monoisotopic (exact) mass is 551 g/mol. The summed E-state index contributed by atoms with van der Waals surface area (Å²) in [6.07, 6.45) is 2.13. The number of carbonyl (C=O) groups is 1. The highest BCUT2D eigenvalue weighted by atomic mass is 32.1. The molecule has 1 aliphatic rings. The molecule has 4 aromatic rings. The van der Waals surface area contributed by atoms with Crippen molar-refractivity contribution in [1.82, 2.24) is 19.8 Å². The number of thiocarbonyl (C=S) groups is 1. The molecule has 0 radical (unpaired) electrons. The molecule has 2 aromatic heterocycles. The molecule has 2 aromatic carbocycles. The molecule has 40 heavy (non-hydrogen) atoms. The van der Waals surface area contributed by atoms with Crippen LogP contribution in [0.1, 0.15) is 63.4 Å². The maximum atomic E-state index is 13.0. The van der Waals surface area contributed by atoms with Crippen molar-refractivity contribution in [2.45, 2.75) is 60.0 Å². The Bertz CT molecular complexity index is 1550. The van der Waals surface area contributed by atoms with Crippen molar-refractivity contribution in [3.8, 4) is 5.69 Å². The Morgan fingerprint density at radius 1 is 0.950 bits per heavy atom. The molecule has 3 heterocycles. The summed E-state index contributed by atoms with van der Waals surface area (Å²) in [5, 5.41) is 7.23. The predicted octanol–water partition coefficient (Wildman–Crippen LogP) is 6.72. The van der Waals surface area contributed by atoms with Crippen molar-refractivity contribution in [1.29, 1.82) is 0 Å². The Balaban J connectivity index is 1.51. The molecule has 6 nitrogen and oxygen atoms in total. The number of pyridine rings is 1. The van der Waals surface area contributed by atoms with Crippen molar-refractivity contribution in [2.24, 2.45) is 0 Å². The second kappa shape index (κ2) is 11.3. The minimum absolute atomic E-state index is 0.0338. The Morgan fingerprint density at radius 3 is 2.33 bits per heavy atom. The van der Waals surface area contributed by atoms with Gasteiger partial charge in [-0.1, -0.05) is 42.0 Å². The summed E-state index contributed by atoms with van der Waals surface area (Å²) in [5.41, 5.74) is 11.3. The first-order valence-corrected chi connectivity index (χ1v) is 14.2. The van der Waals surface area contributed by atoms with Gasteiger partial charge >= 0.3 is 0 Å². The highest BCUT2D eigenvalue weighted by Gasteiger charge is 2.41. The third kappa shape index (κ3) is 5.26. The zero-order valence-electron chi connectivity index (χ0n) is 24.1. The summed E-state index contributed by atoms with van der Waals surface area (Å²) >= 11 is 5.88. The molecule has 0 aliphatic carbocycles. The van der Waals surface area contributed by atoms with Gasteiger partial charge in [0.05, 0.1) is 23.5 Å². The van der Waals surface area contributed by atoms with Crippen LogP contribution in [0.3, 0.4) is 0 Å². The van der Waals surface area contributed by atoms with Crippen LogP contribution in [0.4, 0.5) is 5.69 Å². The minimum atomic E-state index is -0.137. The van der Waals surface area contributed by atoms with E-state index in [1.807, 2.05) is 55.6 Å². The molecule has 1 amide bonds. The van der Waals surface area contributed by atoms with Gasteiger partial charge in [0.2, 0.25) is 5.91 Å². The van der Waals surface area contributed by atoms with Crippen LogP contribution >= 0.6 is 12.2 Å². The maximum absolute atomic E-state index is 13.0. The fourth-order valence-electron chi connectivity index (χ4n) is 6.09. The summed E-state index contributed by atoms with van der Waals surface area (Å²) in [7, 11) is 0. The number of carbonyl (C=O) groups excluding carboxylic acids is 1. The third-order valence-electron chi connectivity index (χ3n) is 7.84. The third-order valence-corrected chi connectivity index (χ3v) is 8.20. The van der Waals surface area contributed by atoms with Gasteiger partial charge < -0.3 is 20.1 Å². The minimum Gasteiger partial charge on any atom is -0.352 e. The molecule has 7 heteroatoms. The van der Waals surface area contributed by atoms with Gasteiger partial charge in [-0.25, -0.2) is 0 Å². The van der Waals surface area contributed by atoms with Crippen LogP contribution in [0.2, 0.25) is 0 Å². The first kappa shape index (κ1) is 27.6. The lowest BCUT2D eigenvalue weighted by Crippen LogP contribution is -2.33. The SMILES string of the molecule is Cc1cc(C)c(-n2c(C)cc([C@H]3[C@@H](c4ccccn4)NC(=S)N3CCC(=O)Nc3ccccc3C)c2C)c(C)c1. The summed E-state index contributed by atoms with van der Waals surface area (Å²) in [6, 6.07) is 20.3. The second-order valence-corrected chi connectivity index (χ2v) is 11.2. The van der Waals surface area contributed by atoms with E-state index < -0.39 is 0 Å². The molecule has 0 spiro atoms. The Labute approximate surface area is 242 Å². The van der Waals surface area contributed by atoms with Crippen LogP contribution in [-0.2, 0) is 4.79 Å². The Hall–Kier alpha value is -3.97. The van der Waals surface area contributed by atoms with Crippen molar-refractivity contribution in [3.63, 3.8) is 0 Å². The smallest absolute Gasteiger partial charge is 0.226 e. The Kier molecular flexibility index (Phi) is 7.76. The van der Waals surface area contributed by atoms with Crippen molar-refractivity contribution in [2.75, 3.05) is 11.9 Å². The summed E-state index contributed by atoms with van der Waals surface area (Å²) in [6.45, 7) is 13.3. The lowest BCUT2D eigenvalue weighted by molar-refractivity contribution is -0.116. The van der Waals surface area contributed by atoms with Gasteiger partial charge in [-0.15, -0.1) is 0 Å². The van der Waals surface area contributed by atoms with E-state index in [9.17, 15) is 4.79 Å². The quantitative estimate of drug-likeness (QED) is 0.250. The highest BCUT2D eigenvalue weighted by molar-refractivity contribution is 7.80. The summed E-state index contributed by atoms with van der Waals surface area (Å²) in [4.78, 5) is 19.9. The van der Waals surface area contributed by atoms with Gasteiger partial charge in [-0.2, -0.15) is 0 Å². The lowest BCUT2D eigenvalue weighted by Gasteiger charge is -2.28. The predicted molar refractivity (Wildman–Crippen MR) is 166 cm³/mol. The van der Waals surface area contributed by atoms with E-state index in [-0.39, 0.29) is 18.0 Å². The van der Waals surface area contributed by atoms with Gasteiger partial charge in [-0.3, -0.25) is 9.78 Å². The van der Waals surface area contributed by atoms with Crippen LogP contribution in [0.5, 0.6) is 0 Å². The standard InChI is InChI=1S/C33H37N5OS/c1-20-17-22(3)31(23(4)18-20)38-24(5)19-26(25(38)6)32-30(28-13-9-10-15-34-28)36-33(40)37(32)16-14-29(39)35-27-12-8-7-11-21(27)2/h7-13,15,17-19,30,32H,14,16H2,1-6H3,(H,35,39)(H,36,40)/t30-,32+/m1/s1. The molecule has 1 fully saturated rings. The Morgan fingerprint density at radius 2 is 1.65 bits per heavy atom. The number of hydrogen-bond donors (Lipinski definition) is 2. The molecule has 1 saturated heterocycles. The number of nitrogens with zero attached hydrogens (tertiary/aromatic N) is 3. The normalized spacial score (nSPS) is 16.8. The average molecular weight is 552 g/mol. The number of amides is 1. The molecule has 2 N–H and O–H groups in total. The number of hydrogen-bond acceptors (Lipinski definition) is 3. The van der Waals surface area contributed by atoms with E-state index in [1.54, 1.807) is 0 Å². The van der Waals surface area contributed by atoms with E-state index >= 15 is 0 Å².